The Hall–Kier alpha value is -1.55. The number of hydrogen-bond acceptors (Lipinski definition) is 2. The molecule has 2 rings (SSSR count). The Labute approximate surface area is 115 Å². The molecule has 1 aliphatic heterocycles. The molecule has 0 radical (unpaired) electrons. The van der Waals surface area contributed by atoms with Gasteiger partial charge >= 0.3 is 6.03 Å². The first-order chi connectivity index (χ1) is 9.10. The predicted molar refractivity (Wildman–Crippen MR) is 78.1 cm³/mol. The van der Waals surface area contributed by atoms with Crippen molar-refractivity contribution < 1.29 is 4.79 Å². The molecule has 1 aromatic rings. The first-order valence-corrected chi connectivity index (χ1v) is 6.93. The number of benzene rings is 1. The van der Waals surface area contributed by atoms with E-state index in [2.05, 4.69) is 12.2 Å². The van der Waals surface area contributed by atoms with E-state index < -0.39 is 0 Å². The predicted octanol–water partition coefficient (Wildman–Crippen LogP) is 2.44. The smallest absolute Gasteiger partial charge is 0.321 e. The summed E-state index contributed by atoms with van der Waals surface area (Å²) in [7, 11) is 0. The van der Waals surface area contributed by atoms with Gasteiger partial charge in [-0.2, -0.15) is 0 Å². The quantitative estimate of drug-likeness (QED) is 0.859. The zero-order valence-electron chi connectivity index (χ0n) is 11.7. The van der Waals surface area contributed by atoms with Gasteiger partial charge in [0.15, 0.2) is 0 Å². The molecular weight excluding hydrogens is 238 g/mol. The molecule has 3 N–H and O–H groups in total. The van der Waals surface area contributed by atoms with E-state index in [4.69, 9.17) is 5.73 Å². The number of carbonyl (C=O) groups is 1. The van der Waals surface area contributed by atoms with Gasteiger partial charge in [-0.05, 0) is 49.4 Å². The van der Waals surface area contributed by atoms with Crippen LogP contribution in [0.4, 0.5) is 10.5 Å². The lowest BCUT2D eigenvalue weighted by Gasteiger charge is -2.36. The van der Waals surface area contributed by atoms with E-state index in [1.54, 1.807) is 0 Å². The van der Waals surface area contributed by atoms with Gasteiger partial charge in [0.1, 0.15) is 0 Å². The van der Waals surface area contributed by atoms with Crippen LogP contribution >= 0.6 is 0 Å². The van der Waals surface area contributed by atoms with Gasteiger partial charge in [0.25, 0.3) is 0 Å². The molecule has 0 aliphatic carbocycles. The second-order valence-corrected chi connectivity index (χ2v) is 5.51. The van der Waals surface area contributed by atoms with E-state index in [-0.39, 0.29) is 6.03 Å². The number of carbonyl (C=O) groups excluding carboxylic acids is 1. The molecule has 2 amide bonds. The maximum Gasteiger partial charge on any atom is 0.321 e. The van der Waals surface area contributed by atoms with Crippen LogP contribution in [0.3, 0.4) is 0 Å². The largest absolute Gasteiger partial charge is 0.330 e. The minimum Gasteiger partial charge on any atom is -0.330 e. The molecule has 4 nitrogen and oxygen atoms in total. The summed E-state index contributed by atoms with van der Waals surface area (Å²) in [5.74, 6) is 1.02. The number of urea groups is 1. The Morgan fingerprint density at radius 1 is 1.53 bits per heavy atom. The summed E-state index contributed by atoms with van der Waals surface area (Å²) in [6.45, 7) is 6.45. The van der Waals surface area contributed by atoms with E-state index in [0.717, 1.165) is 30.8 Å². The zero-order chi connectivity index (χ0) is 13.8. The molecule has 19 heavy (non-hydrogen) atoms. The van der Waals surface area contributed by atoms with Crippen molar-refractivity contribution in [1.29, 1.82) is 0 Å². The number of aryl methyl sites for hydroxylation is 1. The van der Waals surface area contributed by atoms with Gasteiger partial charge in [-0.1, -0.05) is 19.1 Å². The number of anilines is 1. The molecule has 104 valence electrons. The average molecular weight is 261 g/mol. The van der Waals surface area contributed by atoms with Crippen LogP contribution in [-0.2, 0) is 0 Å². The lowest BCUT2D eigenvalue weighted by Crippen LogP contribution is -2.47. The van der Waals surface area contributed by atoms with Crippen molar-refractivity contribution in [3.8, 4) is 0 Å². The van der Waals surface area contributed by atoms with E-state index in [0.29, 0.717) is 18.4 Å². The van der Waals surface area contributed by atoms with Crippen molar-refractivity contribution in [2.24, 2.45) is 17.6 Å². The number of piperidine rings is 1. The fourth-order valence-electron chi connectivity index (χ4n) is 2.57. The van der Waals surface area contributed by atoms with E-state index in [9.17, 15) is 4.79 Å². The second kappa shape index (κ2) is 6.06. The van der Waals surface area contributed by atoms with Crippen LogP contribution in [0, 0.1) is 18.8 Å². The van der Waals surface area contributed by atoms with Gasteiger partial charge in [-0.3, -0.25) is 0 Å². The molecule has 1 aliphatic rings. The number of nitrogens with zero attached hydrogens (tertiary/aromatic N) is 1. The lowest BCUT2D eigenvalue weighted by molar-refractivity contribution is 0.149. The number of rotatable bonds is 2. The van der Waals surface area contributed by atoms with Crippen molar-refractivity contribution in [3.63, 3.8) is 0 Å². The van der Waals surface area contributed by atoms with Crippen molar-refractivity contribution in [3.05, 3.63) is 29.8 Å². The van der Waals surface area contributed by atoms with Crippen molar-refractivity contribution >= 4 is 11.7 Å². The number of hydrogen-bond donors (Lipinski definition) is 2. The topological polar surface area (TPSA) is 58.4 Å². The number of amides is 2. The van der Waals surface area contributed by atoms with Gasteiger partial charge < -0.3 is 16.0 Å². The molecule has 1 heterocycles. The number of nitrogens with two attached hydrogens (primary N) is 1. The first kappa shape index (κ1) is 13.9. The van der Waals surface area contributed by atoms with Crippen LogP contribution in [-0.4, -0.2) is 30.6 Å². The van der Waals surface area contributed by atoms with Crippen LogP contribution in [0.2, 0.25) is 0 Å². The highest BCUT2D eigenvalue weighted by Crippen LogP contribution is 2.22. The molecular formula is C15H23N3O. The molecule has 0 saturated carbocycles. The highest BCUT2D eigenvalue weighted by atomic mass is 16.2. The van der Waals surface area contributed by atoms with Gasteiger partial charge in [0.05, 0.1) is 0 Å². The Morgan fingerprint density at radius 3 is 3.00 bits per heavy atom. The van der Waals surface area contributed by atoms with Gasteiger partial charge in [0, 0.05) is 18.8 Å². The standard InChI is InChI=1S/C15H23N3O/c1-11-4-3-5-14(8-11)17-15(19)18-7-6-12(2)13(9-16)10-18/h3-5,8,12-13H,6-7,9-10,16H2,1-2H3,(H,17,19). The second-order valence-electron chi connectivity index (χ2n) is 5.51. The Bertz CT molecular complexity index is 447. The molecule has 0 aromatic heterocycles. The molecule has 2 unspecified atom stereocenters. The average Bonchev–Trinajstić information content (AvgIpc) is 2.39. The molecule has 0 bridgehead atoms. The molecule has 2 atom stereocenters. The fourth-order valence-corrected chi connectivity index (χ4v) is 2.57. The number of nitrogens with one attached hydrogen (secondary N) is 1. The number of likely N-dealkylation sites (tertiary alicyclic amines) is 1. The first-order valence-electron chi connectivity index (χ1n) is 6.93. The molecule has 4 heteroatoms. The molecule has 1 saturated heterocycles. The van der Waals surface area contributed by atoms with Crippen molar-refractivity contribution in [2.45, 2.75) is 20.3 Å². The van der Waals surface area contributed by atoms with Crippen LogP contribution in [0.25, 0.3) is 0 Å². The Balaban J connectivity index is 1.97. The summed E-state index contributed by atoms with van der Waals surface area (Å²) in [6.07, 6.45) is 1.03. The molecule has 1 aromatic carbocycles. The summed E-state index contributed by atoms with van der Waals surface area (Å²) < 4.78 is 0. The van der Waals surface area contributed by atoms with Gasteiger partial charge in [0.2, 0.25) is 0 Å². The minimum atomic E-state index is -0.0176. The lowest BCUT2D eigenvalue weighted by atomic mass is 9.87. The minimum absolute atomic E-state index is 0.0176. The SMILES string of the molecule is Cc1cccc(NC(=O)N2CCC(C)C(CN)C2)c1. The third-order valence-electron chi connectivity index (χ3n) is 3.97. The van der Waals surface area contributed by atoms with E-state index in [1.807, 2.05) is 36.1 Å². The highest BCUT2D eigenvalue weighted by Gasteiger charge is 2.27. The monoisotopic (exact) mass is 261 g/mol. The summed E-state index contributed by atoms with van der Waals surface area (Å²) in [6, 6.07) is 7.84. The third kappa shape index (κ3) is 3.47. The molecule has 0 spiro atoms. The summed E-state index contributed by atoms with van der Waals surface area (Å²) >= 11 is 0. The fraction of sp³-hybridized carbons (Fsp3) is 0.533. The summed E-state index contributed by atoms with van der Waals surface area (Å²) in [4.78, 5) is 14.1. The zero-order valence-corrected chi connectivity index (χ0v) is 11.7. The van der Waals surface area contributed by atoms with E-state index in [1.165, 1.54) is 0 Å². The maximum atomic E-state index is 12.2. The van der Waals surface area contributed by atoms with Gasteiger partial charge in [-0.25, -0.2) is 4.79 Å². The van der Waals surface area contributed by atoms with Crippen LogP contribution < -0.4 is 11.1 Å². The highest BCUT2D eigenvalue weighted by molar-refractivity contribution is 5.89. The normalized spacial score (nSPS) is 23.2. The van der Waals surface area contributed by atoms with Crippen molar-refractivity contribution in [2.75, 3.05) is 25.0 Å². The van der Waals surface area contributed by atoms with Crippen molar-refractivity contribution in [1.82, 2.24) is 4.90 Å². The summed E-state index contributed by atoms with van der Waals surface area (Å²) in [5, 5.41) is 2.96. The van der Waals surface area contributed by atoms with Crippen LogP contribution in [0.15, 0.2) is 24.3 Å². The van der Waals surface area contributed by atoms with E-state index >= 15 is 0 Å². The third-order valence-corrected chi connectivity index (χ3v) is 3.97. The van der Waals surface area contributed by atoms with Gasteiger partial charge in [-0.15, -0.1) is 0 Å². The maximum absolute atomic E-state index is 12.2. The summed E-state index contributed by atoms with van der Waals surface area (Å²) in [5.41, 5.74) is 7.77. The van der Waals surface area contributed by atoms with Crippen LogP contribution in [0.5, 0.6) is 0 Å². The Morgan fingerprint density at radius 2 is 2.32 bits per heavy atom. The molecule has 1 fully saturated rings. The Kier molecular flexibility index (Phi) is 4.43. The van der Waals surface area contributed by atoms with Crippen LogP contribution in [0.1, 0.15) is 18.9 Å².